The molecule has 2 aromatic rings. The maximum absolute atomic E-state index is 12.4. The summed E-state index contributed by atoms with van der Waals surface area (Å²) in [6.45, 7) is 0.236. The molecule has 0 spiro atoms. The van der Waals surface area contributed by atoms with Gasteiger partial charge in [-0.3, -0.25) is 5.10 Å². The summed E-state index contributed by atoms with van der Waals surface area (Å²) >= 11 is 3.23. The van der Waals surface area contributed by atoms with Crippen LogP contribution in [0.25, 0.3) is 0 Å². The van der Waals surface area contributed by atoms with Gasteiger partial charge in [-0.05, 0) is 34.1 Å². The Kier molecular flexibility index (Phi) is 3.93. The third-order valence-corrected chi connectivity index (χ3v) is 5.40. The summed E-state index contributed by atoms with van der Waals surface area (Å²) in [5.41, 5.74) is 6.83. The van der Waals surface area contributed by atoms with Crippen LogP contribution in [-0.4, -0.2) is 30.0 Å². The van der Waals surface area contributed by atoms with E-state index in [4.69, 9.17) is 5.73 Å². The van der Waals surface area contributed by atoms with Crippen molar-refractivity contribution in [2.24, 2.45) is 0 Å². The molecule has 0 aliphatic heterocycles. The zero-order valence-electron chi connectivity index (χ0n) is 10.2. The third-order valence-electron chi connectivity index (χ3n) is 2.60. The normalized spacial score (nSPS) is 11.9. The average molecular weight is 345 g/mol. The van der Waals surface area contributed by atoms with Crippen LogP contribution in [0.4, 0.5) is 5.69 Å². The van der Waals surface area contributed by atoms with Gasteiger partial charge in [0.25, 0.3) is 0 Å². The summed E-state index contributed by atoms with van der Waals surface area (Å²) in [6.07, 6.45) is 3.24. The quantitative estimate of drug-likeness (QED) is 0.823. The molecule has 0 aliphatic carbocycles. The van der Waals surface area contributed by atoms with Gasteiger partial charge in [0, 0.05) is 35.5 Å². The maximum Gasteiger partial charge on any atom is 0.244 e. The second-order valence-corrected chi connectivity index (χ2v) is 6.93. The number of hydrogen-bond acceptors (Lipinski definition) is 4. The lowest BCUT2D eigenvalue weighted by Crippen LogP contribution is -2.26. The fourth-order valence-electron chi connectivity index (χ4n) is 1.59. The molecule has 1 heterocycles. The van der Waals surface area contributed by atoms with Crippen molar-refractivity contribution < 1.29 is 8.42 Å². The van der Waals surface area contributed by atoms with E-state index in [9.17, 15) is 8.42 Å². The molecular weight excluding hydrogens is 332 g/mol. The molecule has 8 heteroatoms. The van der Waals surface area contributed by atoms with Crippen LogP contribution in [-0.2, 0) is 16.6 Å². The lowest BCUT2D eigenvalue weighted by Gasteiger charge is -2.17. The van der Waals surface area contributed by atoms with Crippen molar-refractivity contribution in [1.29, 1.82) is 0 Å². The van der Waals surface area contributed by atoms with Crippen LogP contribution in [0.15, 0.2) is 40.0 Å². The molecule has 3 N–H and O–H groups in total. The number of aromatic nitrogens is 2. The fourth-order valence-corrected chi connectivity index (χ4v) is 3.71. The summed E-state index contributed by atoms with van der Waals surface area (Å²) in [4.78, 5) is 0.151. The monoisotopic (exact) mass is 344 g/mol. The van der Waals surface area contributed by atoms with E-state index in [1.54, 1.807) is 24.5 Å². The van der Waals surface area contributed by atoms with Crippen LogP contribution in [0, 0.1) is 0 Å². The predicted molar refractivity (Wildman–Crippen MR) is 75.8 cm³/mol. The maximum atomic E-state index is 12.4. The van der Waals surface area contributed by atoms with Gasteiger partial charge < -0.3 is 5.73 Å². The molecule has 2 rings (SSSR count). The largest absolute Gasteiger partial charge is 0.399 e. The lowest BCUT2D eigenvalue weighted by molar-refractivity contribution is 0.466. The number of anilines is 1. The minimum Gasteiger partial charge on any atom is -0.399 e. The molecule has 102 valence electrons. The van der Waals surface area contributed by atoms with Gasteiger partial charge in [-0.25, -0.2) is 8.42 Å². The molecule has 0 radical (unpaired) electrons. The van der Waals surface area contributed by atoms with E-state index < -0.39 is 10.0 Å². The molecule has 0 amide bonds. The summed E-state index contributed by atoms with van der Waals surface area (Å²) in [7, 11) is -2.09. The topological polar surface area (TPSA) is 92.1 Å². The van der Waals surface area contributed by atoms with Crippen molar-refractivity contribution >= 4 is 31.6 Å². The predicted octanol–water partition coefficient (Wildman–Crippen LogP) is 1.58. The zero-order valence-corrected chi connectivity index (χ0v) is 12.6. The van der Waals surface area contributed by atoms with E-state index >= 15 is 0 Å². The van der Waals surface area contributed by atoms with Gasteiger partial charge in [0.05, 0.1) is 11.1 Å². The second-order valence-electron chi connectivity index (χ2n) is 4.06. The number of benzene rings is 1. The Labute approximate surface area is 119 Å². The number of sulfonamides is 1. The highest BCUT2D eigenvalue weighted by Gasteiger charge is 2.23. The Morgan fingerprint density at radius 2 is 2.21 bits per heavy atom. The highest BCUT2D eigenvalue weighted by atomic mass is 79.9. The molecule has 1 aromatic heterocycles. The highest BCUT2D eigenvalue weighted by molar-refractivity contribution is 9.10. The first-order valence-corrected chi connectivity index (χ1v) is 7.63. The standard InChI is InChI=1S/C11H13BrN4O2S/c1-16(7-8-5-14-15-6-8)19(17,18)11-4-9(13)2-3-10(11)12/h2-6H,7,13H2,1H3,(H,14,15). The lowest BCUT2D eigenvalue weighted by atomic mass is 10.3. The highest BCUT2D eigenvalue weighted by Crippen LogP contribution is 2.27. The van der Waals surface area contributed by atoms with E-state index in [0.717, 1.165) is 5.56 Å². The van der Waals surface area contributed by atoms with E-state index in [1.165, 1.54) is 17.4 Å². The van der Waals surface area contributed by atoms with Crippen LogP contribution in [0.2, 0.25) is 0 Å². The first kappa shape index (κ1) is 14.0. The molecule has 0 aliphatic rings. The number of hydrogen-bond donors (Lipinski definition) is 2. The SMILES string of the molecule is CN(Cc1cn[nH]c1)S(=O)(=O)c1cc(N)ccc1Br. The van der Waals surface area contributed by atoms with Crippen molar-refractivity contribution in [2.45, 2.75) is 11.4 Å². The van der Waals surface area contributed by atoms with E-state index in [0.29, 0.717) is 10.2 Å². The Morgan fingerprint density at radius 1 is 1.47 bits per heavy atom. The van der Waals surface area contributed by atoms with Gasteiger partial charge in [-0.15, -0.1) is 0 Å². The minimum atomic E-state index is -3.60. The van der Waals surface area contributed by atoms with Crippen molar-refractivity contribution in [3.8, 4) is 0 Å². The molecule has 0 fully saturated rings. The van der Waals surface area contributed by atoms with Crippen molar-refractivity contribution in [1.82, 2.24) is 14.5 Å². The Hall–Kier alpha value is -1.38. The number of aromatic amines is 1. The Balaban J connectivity index is 2.33. The summed E-state index contributed by atoms with van der Waals surface area (Å²) < 4.78 is 26.6. The third kappa shape index (κ3) is 2.96. The van der Waals surface area contributed by atoms with Crippen LogP contribution in [0.1, 0.15) is 5.56 Å². The van der Waals surface area contributed by atoms with Crippen molar-refractivity contribution in [3.63, 3.8) is 0 Å². The van der Waals surface area contributed by atoms with Gasteiger partial charge in [0.15, 0.2) is 0 Å². The molecule has 0 unspecified atom stereocenters. The average Bonchev–Trinajstić information content (AvgIpc) is 2.85. The van der Waals surface area contributed by atoms with Crippen molar-refractivity contribution in [2.75, 3.05) is 12.8 Å². The first-order valence-electron chi connectivity index (χ1n) is 5.40. The fraction of sp³-hybridized carbons (Fsp3) is 0.182. The van der Waals surface area contributed by atoms with Crippen LogP contribution >= 0.6 is 15.9 Å². The summed E-state index contributed by atoms with van der Waals surface area (Å²) in [5, 5.41) is 6.43. The molecule has 1 aromatic carbocycles. The smallest absolute Gasteiger partial charge is 0.244 e. The van der Waals surface area contributed by atoms with Gasteiger partial charge in [-0.1, -0.05) is 0 Å². The molecular formula is C11H13BrN4O2S. The van der Waals surface area contributed by atoms with E-state index in [1.807, 2.05) is 0 Å². The van der Waals surface area contributed by atoms with Gasteiger partial charge in [0.1, 0.15) is 0 Å². The number of halogens is 1. The van der Waals surface area contributed by atoms with Gasteiger partial charge >= 0.3 is 0 Å². The van der Waals surface area contributed by atoms with Gasteiger partial charge in [-0.2, -0.15) is 9.40 Å². The van der Waals surface area contributed by atoms with Crippen LogP contribution < -0.4 is 5.73 Å². The zero-order chi connectivity index (χ0) is 14.0. The summed E-state index contributed by atoms with van der Waals surface area (Å²) in [5.74, 6) is 0. The molecule has 0 bridgehead atoms. The van der Waals surface area contributed by atoms with Crippen LogP contribution in [0.3, 0.4) is 0 Å². The molecule has 19 heavy (non-hydrogen) atoms. The number of nitrogens with zero attached hydrogens (tertiary/aromatic N) is 2. The number of nitrogens with one attached hydrogen (secondary N) is 1. The molecule has 0 atom stereocenters. The summed E-state index contributed by atoms with van der Waals surface area (Å²) in [6, 6.07) is 4.69. The Bertz CT molecular complexity index is 670. The second kappa shape index (κ2) is 5.32. The van der Waals surface area contributed by atoms with Gasteiger partial charge in [0.2, 0.25) is 10.0 Å². The Morgan fingerprint density at radius 3 is 2.84 bits per heavy atom. The number of rotatable bonds is 4. The van der Waals surface area contributed by atoms with E-state index in [2.05, 4.69) is 26.1 Å². The number of nitrogens with two attached hydrogens (primary N) is 1. The number of nitrogen functional groups attached to an aromatic ring is 1. The molecule has 6 nitrogen and oxygen atoms in total. The number of H-pyrrole nitrogens is 1. The van der Waals surface area contributed by atoms with E-state index in [-0.39, 0.29) is 11.4 Å². The molecule has 0 saturated carbocycles. The van der Waals surface area contributed by atoms with Crippen molar-refractivity contribution in [3.05, 3.63) is 40.6 Å². The minimum absolute atomic E-state index is 0.151. The van der Waals surface area contributed by atoms with Crippen LogP contribution in [0.5, 0.6) is 0 Å². The first-order chi connectivity index (χ1) is 8.91. The molecule has 0 saturated heterocycles.